The van der Waals surface area contributed by atoms with Crippen LogP contribution in [-0.2, 0) is 9.59 Å². The Hall–Kier alpha value is -3.01. The van der Waals surface area contributed by atoms with Crippen LogP contribution >= 0.6 is 12.2 Å². The zero-order valence-corrected chi connectivity index (χ0v) is 11.0. The summed E-state index contributed by atoms with van der Waals surface area (Å²) in [5.74, 6) is -2.18. The van der Waals surface area contributed by atoms with Crippen molar-refractivity contribution in [2.45, 2.75) is 0 Å². The first-order valence-electron chi connectivity index (χ1n) is 5.49. The third-order valence-electron chi connectivity index (χ3n) is 2.43. The number of barbiturate groups is 1. The number of hydrogen-bond acceptors (Lipinski definition) is 6. The predicted octanol–water partition coefficient (Wildman–Crippen LogP) is -0.556. The molecule has 0 unspecified atom stereocenters. The van der Waals surface area contributed by atoms with E-state index in [2.05, 4.69) is 22.2 Å². The summed E-state index contributed by atoms with van der Waals surface area (Å²) >= 11 is 4.66. The van der Waals surface area contributed by atoms with Gasteiger partial charge in [-0.25, -0.2) is 4.79 Å². The number of carbonyl (C=O) groups excluding carboxylic acids is 3. The lowest BCUT2D eigenvalue weighted by Gasteiger charge is -2.12. The molecule has 0 saturated carbocycles. The molecule has 1 aromatic heterocycles. The summed E-state index contributed by atoms with van der Waals surface area (Å²) in [6, 6.07) is -0.907. The van der Waals surface area contributed by atoms with Crippen molar-refractivity contribution in [1.82, 2.24) is 20.6 Å². The van der Waals surface area contributed by atoms with Crippen LogP contribution in [0.15, 0.2) is 22.5 Å². The second-order valence-electron chi connectivity index (χ2n) is 3.85. The second kappa shape index (κ2) is 5.54. The lowest BCUT2D eigenvalue weighted by molar-refractivity contribution is -0.124. The summed E-state index contributed by atoms with van der Waals surface area (Å²) in [6.07, 6.45) is 3.46. The summed E-state index contributed by atoms with van der Waals surface area (Å²) in [5, 5.41) is 13.3. The molecule has 1 aliphatic rings. The quantitative estimate of drug-likeness (QED) is 0.281. The number of aromatic nitrogens is 2. The molecule has 9 nitrogen and oxygen atoms in total. The Bertz CT molecular complexity index is 795. The third kappa shape index (κ3) is 3.12. The second-order valence-corrected chi connectivity index (χ2v) is 4.26. The van der Waals surface area contributed by atoms with E-state index in [9.17, 15) is 24.3 Å². The van der Waals surface area contributed by atoms with Crippen molar-refractivity contribution in [1.29, 1.82) is 0 Å². The average Bonchev–Trinajstić information content (AvgIpc) is 2.34. The van der Waals surface area contributed by atoms with E-state index in [1.807, 2.05) is 10.6 Å². The predicted molar refractivity (Wildman–Crippen MR) is 72.7 cm³/mol. The number of nitrogens with one attached hydrogen (secondary N) is 4. The smallest absolute Gasteiger partial charge is 0.328 e. The van der Waals surface area contributed by atoms with Gasteiger partial charge in [0.05, 0.1) is 5.56 Å². The molecule has 0 atom stereocenters. The van der Waals surface area contributed by atoms with E-state index in [1.165, 1.54) is 12.2 Å². The van der Waals surface area contributed by atoms with Gasteiger partial charge in [0.1, 0.15) is 5.57 Å². The minimum Gasteiger partial charge on any atom is -0.494 e. The number of allylic oxidation sites excluding steroid dienone is 2. The van der Waals surface area contributed by atoms with E-state index in [-0.39, 0.29) is 15.9 Å². The fraction of sp³-hybridized carbons (Fsp3) is 0. The van der Waals surface area contributed by atoms with Gasteiger partial charge in [-0.15, -0.1) is 0 Å². The molecular weight excluding hydrogens is 300 g/mol. The molecule has 0 bridgehead atoms. The first kappa shape index (κ1) is 14.4. The van der Waals surface area contributed by atoms with Crippen molar-refractivity contribution in [3.05, 3.63) is 38.4 Å². The van der Waals surface area contributed by atoms with Crippen molar-refractivity contribution in [3.8, 4) is 5.88 Å². The van der Waals surface area contributed by atoms with E-state index in [4.69, 9.17) is 0 Å². The molecule has 2 rings (SSSR count). The van der Waals surface area contributed by atoms with Crippen LogP contribution in [0.2, 0.25) is 0 Å². The summed E-state index contributed by atoms with van der Waals surface area (Å²) in [4.78, 5) is 49.8. The number of carbonyl (C=O) groups is 3. The maximum absolute atomic E-state index is 11.5. The van der Waals surface area contributed by atoms with Gasteiger partial charge in [0.15, 0.2) is 4.77 Å². The summed E-state index contributed by atoms with van der Waals surface area (Å²) < 4.78 is -0.0439. The Morgan fingerprint density at radius 1 is 1.00 bits per heavy atom. The number of rotatable bonds is 2. The van der Waals surface area contributed by atoms with Crippen LogP contribution in [0.3, 0.4) is 0 Å². The number of aromatic amines is 2. The molecule has 0 radical (unpaired) electrons. The maximum Gasteiger partial charge on any atom is 0.328 e. The molecule has 1 fully saturated rings. The SMILES string of the molecule is O=C1NC(=O)C(=C/C=C/c2c(O)[nH]c(=S)[nH]c2=O)C(=O)N1. The third-order valence-corrected chi connectivity index (χ3v) is 2.63. The normalized spacial score (nSPS) is 15.0. The number of amides is 4. The molecule has 0 aliphatic carbocycles. The summed E-state index contributed by atoms with van der Waals surface area (Å²) in [6.45, 7) is 0. The van der Waals surface area contributed by atoms with Gasteiger partial charge in [0, 0.05) is 0 Å². The summed E-state index contributed by atoms with van der Waals surface area (Å²) in [7, 11) is 0. The first-order valence-corrected chi connectivity index (χ1v) is 5.90. The number of urea groups is 1. The zero-order chi connectivity index (χ0) is 15.6. The topological polar surface area (TPSA) is 144 Å². The van der Waals surface area contributed by atoms with Crippen LogP contribution in [-0.4, -0.2) is 32.9 Å². The fourth-order valence-electron chi connectivity index (χ4n) is 1.51. The highest BCUT2D eigenvalue weighted by molar-refractivity contribution is 7.71. The van der Waals surface area contributed by atoms with Gasteiger partial charge < -0.3 is 10.1 Å². The highest BCUT2D eigenvalue weighted by atomic mass is 32.1. The highest BCUT2D eigenvalue weighted by Crippen LogP contribution is 2.09. The minimum atomic E-state index is -0.907. The van der Waals surface area contributed by atoms with Crippen molar-refractivity contribution in [2.75, 3.05) is 0 Å². The highest BCUT2D eigenvalue weighted by Gasteiger charge is 2.26. The van der Waals surface area contributed by atoms with Crippen LogP contribution in [0, 0.1) is 4.77 Å². The lowest BCUT2D eigenvalue weighted by atomic mass is 10.1. The van der Waals surface area contributed by atoms with E-state index in [0.717, 1.165) is 6.08 Å². The molecule has 2 heterocycles. The van der Waals surface area contributed by atoms with Gasteiger partial charge >= 0.3 is 6.03 Å². The molecule has 108 valence electrons. The van der Waals surface area contributed by atoms with Crippen molar-refractivity contribution in [3.63, 3.8) is 0 Å². The number of aromatic hydroxyl groups is 1. The Labute approximate surface area is 121 Å². The molecule has 21 heavy (non-hydrogen) atoms. The van der Waals surface area contributed by atoms with Crippen LogP contribution in [0.5, 0.6) is 5.88 Å². The van der Waals surface area contributed by atoms with Crippen LogP contribution in [0.25, 0.3) is 6.08 Å². The molecule has 0 aromatic carbocycles. The van der Waals surface area contributed by atoms with Crippen LogP contribution in [0.1, 0.15) is 5.56 Å². The Kier molecular flexibility index (Phi) is 3.80. The lowest BCUT2D eigenvalue weighted by Crippen LogP contribution is -2.51. The molecule has 0 spiro atoms. The van der Waals surface area contributed by atoms with E-state index in [1.54, 1.807) is 0 Å². The monoisotopic (exact) mass is 308 g/mol. The van der Waals surface area contributed by atoms with Gasteiger partial charge in [-0.05, 0) is 24.4 Å². The molecule has 10 heteroatoms. The minimum absolute atomic E-state index is 0.0439. The molecule has 1 aliphatic heterocycles. The van der Waals surface area contributed by atoms with Gasteiger partial charge in [0.25, 0.3) is 17.4 Å². The van der Waals surface area contributed by atoms with Crippen molar-refractivity contribution >= 4 is 36.1 Å². The molecule has 1 saturated heterocycles. The number of H-pyrrole nitrogens is 2. The number of imide groups is 2. The van der Waals surface area contributed by atoms with Gasteiger partial charge in [-0.2, -0.15) is 0 Å². The van der Waals surface area contributed by atoms with Gasteiger partial charge in [-0.1, -0.05) is 6.08 Å². The molecule has 4 amide bonds. The maximum atomic E-state index is 11.5. The fourth-order valence-corrected chi connectivity index (χ4v) is 1.70. The van der Waals surface area contributed by atoms with Crippen LogP contribution in [0.4, 0.5) is 4.79 Å². The number of hydrogen-bond donors (Lipinski definition) is 5. The Morgan fingerprint density at radius 3 is 2.19 bits per heavy atom. The molecular formula is C11H8N4O5S. The van der Waals surface area contributed by atoms with E-state index >= 15 is 0 Å². The van der Waals surface area contributed by atoms with Crippen molar-refractivity contribution < 1.29 is 19.5 Å². The first-order chi connectivity index (χ1) is 9.88. The van der Waals surface area contributed by atoms with Gasteiger partial charge in [-0.3, -0.25) is 30.0 Å². The largest absolute Gasteiger partial charge is 0.494 e. The zero-order valence-electron chi connectivity index (χ0n) is 10.2. The molecule has 5 N–H and O–H groups in total. The molecule has 1 aromatic rings. The van der Waals surface area contributed by atoms with Crippen molar-refractivity contribution in [2.24, 2.45) is 0 Å². The Morgan fingerprint density at radius 2 is 1.62 bits per heavy atom. The van der Waals surface area contributed by atoms with E-state index in [0.29, 0.717) is 0 Å². The average molecular weight is 308 g/mol. The summed E-state index contributed by atoms with van der Waals surface area (Å²) in [5.41, 5.74) is -1.09. The Balaban J connectivity index is 2.31. The van der Waals surface area contributed by atoms with E-state index < -0.39 is 29.3 Å². The standard InChI is InChI=1S/C11H8N4O5S/c16-6-4(7(17)13-10(20)12-6)2-1-3-5-8(18)14-11(21)15-9(5)19/h1-3H,(H2,12,13,16,17,20)(H3,14,15,18,19,21)/b3-1+. The van der Waals surface area contributed by atoms with Gasteiger partial charge in [0.2, 0.25) is 5.88 Å². The van der Waals surface area contributed by atoms with Crippen LogP contribution < -0.4 is 16.2 Å².